The normalized spacial score (nSPS) is 11.6. The van der Waals surface area contributed by atoms with Crippen LogP contribution in [-0.4, -0.2) is 15.8 Å². The van der Waals surface area contributed by atoms with Gasteiger partial charge < -0.3 is 4.98 Å². The van der Waals surface area contributed by atoms with Crippen LogP contribution in [0.5, 0.6) is 0 Å². The van der Waals surface area contributed by atoms with E-state index in [1.165, 1.54) is 12.5 Å². The fraction of sp³-hybridized carbons (Fsp3) is 0.250. The van der Waals surface area contributed by atoms with Crippen LogP contribution in [0.15, 0.2) is 24.2 Å². The van der Waals surface area contributed by atoms with Gasteiger partial charge in [0.05, 0.1) is 12.5 Å². The van der Waals surface area contributed by atoms with Crippen molar-refractivity contribution in [3.8, 4) is 0 Å². The number of rotatable bonds is 2. The van der Waals surface area contributed by atoms with E-state index in [-0.39, 0.29) is 5.78 Å². The van der Waals surface area contributed by atoms with Gasteiger partial charge in [0.2, 0.25) is 5.78 Å². The number of H-pyrrole nitrogens is 1. The second kappa shape index (κ2) is 3.14. The van der Waals surface area contributed by atoms with Crippen LogP contribution in [0.2, 0.25) is 0 Å². The lowest BCUT2D eigenvalue weighted by molar-refractivity contribution is 0.103. The number of carbonyl (C=O) groups excluding carboxylic acids is 1. The molecule has 0 fully saturated rings. The summed E-state index contributed by atoms with van der Waals surface area (Å²) in [6.07, 6.45) is 4.80. The van der Waals surface area contributed by atoms with Gasteiger partial charge >= 0.3 is 0 Å². The molecule has 0 unspecified atom stereocenters. The maximum atomic E-state index is 11.3. The number of allylic oxidation sites excluding steroid dienone is 2. The lowest BCUT2D eigenvalue weighted by Crippen LogP contribution is -1.99. The minimum atomic E-state index is 0.00463. The van der Waals surface area contributed by atoms with E-state index in [2.05, 4.69) is 9.97 Å². The van der Waals surface area contributed by atoms with Gasteiger partial charge in [0, 0.05) is 0 Å². The quantitative estimate of drug-likeness (QED) is 0.513. The zero-order valence-corrected chi connectivity index (χ0v) is 6.59. The van der Waals surface area contributed by atoms with Crippen LogP contribution in [-0.2, 0) is 0 Å². The summed E-state index contributed by atoms with van der Waals surface area (Å²) in [6.45, 7) is 3.62. The summed E-state index contributed by atoms with van der Waals surface area (Å²) < 4.78 is 0. The molecule has 1 aromatic heterocycles. The van der Waals surface area contributed by atoms with Gasteiger partial charge in [0.25, 0.3) is 0 Å². The number of Topliss-reactive ketones (excluding diaryl/α,β-unsaturated/α-hetero) is 1. The van der Waals surface area contributed by atoms with Gasteiger partial charge in [-0.3, -0.25) is 4.79 Å². The molecular weight excluding hydrogens is 140 g/mol. The number of hydrogen-bond donors (Lipinski definition) is 1. The highest BCUT2D eigenvalue weighted by molar-refractivity contribution is 6.06. The summed E-state index contributed by atoms with van der Waals surface area (Å²) in [4.78, 5) is 17.8. The lowest BCUT2D eigenvalue weighted by atomic mass is 10.1. The molecule has 0 saturated carbocycles. The maximum Gasteiger partial charge on any atom is 0.206 e. The van der Waals surface area contributed by atoms with Crippen molar-refractivity contribution in [2.24, 2.45) is 0 Å². The number of aromatic amines is 1. The van der Waals surface area contributed by atoms with Gasteiger partial charge in [-0.2, -0.15) is 0 Å². The zero-order chi connectivity index (χ0) is 8.27. The molecule has 0 bridgehead atoms. The first kappa shape index (κ1) is 7.72. The Morgan fingerprint density at radius 3 is 2.91 bits per heavy atom. The van der Waals surface area contributed by atoms with Crippen molar-refractivity contribution in [3.63, 3.8) is 0 Å². The van der Waals surface area contributed by atoms with Gasteiger partial charge in [-0.15, -0.1) is 0 Å². The number of ketones is 1. The van der Waals surface area contributed by atoms with Crippen LogP contribution in [0.4, 0.5) is 0 Å². The Morgan fingerprint density at radius 2 is 2.45 bits per heavy atom. The number of imidazole rings is 1. The average Bonchev–Trinajstić information content (AvgIpc) is 2.53. The molecule has 11 heavy (non-hydrogen) atoms. The van der Waals surface area contributed by atoms with Crippen LogP contribution in [0.25, 0.3) is 0 Å². The molecule has 0 amide bonds. The molecule has 0 spiro atoms. The van der Waals surface area contributed by atoms with E-state index in [4.69, 9.17) is 0 Å². The van der Waals surface area contributed by atoms with Crippen molar-refractivity contribution in [1.29, 1.82) is 0 Å². The molecule has 1 rings (SSSR count). The zero-order valence-electron chi connectivity index (χ0n) is 6.59. The lowest BCUT2D eigenvalue weighted by Gasteiger charge is -1.93. The number of aromatic nitrogens is 2. The Kier molecular flexibility index (Phi) is 2.21. The van der Waals surface area contributed by atoms with Gasteiger partial charge in [0.1, 0.15) is 5.69 Å². The highest BCUT2D eigenvalue weighted by Gasteiger charge is 2.06. The SMILES string of the molecule is CC=C(C)C(=O)c1cnc[nH]1. The Balaban J connectivity index is 2.87. The topological polar surface area (TPSA) is 45.8 Å². The molecule has 0 saturated heterocycles. The maximum absolute atomic E-state index is 11.3. The number of hydrogen-bond acceptors (Lipinski definition) is 2. The Bertz CT molecular complexity index is 272. The molecule has 0 atom stereocenters. The molecule has 58 valence electrons. The minimum Gasteiger partial charge on any atom is -0.342 e. The smallest absolute Gasteiger partial charge is 0.206 e. The molecule has 0 aromatic carbocycles. The van der Waals surface area contributed by atoms with Crippen LogP contribution in [0.1, 0.15) is 24.3 Å². The molecule has 0 aliphatic heterocycles. The molecule has 3 nitrogen and oxygen atoms in total. The predicted octanol–water partition coefficient (Wildman–Crippen LogP) is 1.56. The van der Waals surface area contributed by atoms with Crippen molar-refractivity contribution in [2.75, 3.05) is 0 Å². The first-order valence-corrected chi connectivity index (χ1v) is 3.41. The third-order valence-corrected chi connectivity index (χ3v) is 1.53. The van der Waals surface area contributed by atoms with Crippen molar-refractivity contribution in [1.82, 2.24) is 9.97 Å². The van der Waals surface area contributed by atoms with Gasteiger partial charge in [-0.25, -0.2) is 4.98 Å². The predicted molar refractivity (Wildman–Crippen MR) is 42.3 cm³/mol. The van der Waals surface area contributed by atoms with Crippen LogP contribution >= 0.6 is 0 Å². The second-order valence-electron chi connectivity index (χ2n) is 2.27. The second-order valence-corrected chi connectivity index (χ2v) is 2.27. The van der Waals surface area contributed by atoms with Crippen LogP contribution in [0, 0.1) is 0 Å². The van der Waals surface area contributed by atoms with Crippen LogP contribution in [0.3, 0.4) is 0 Å². The van der Waals surface area contributed by atoms with Crippen molar-refractivity contribution >= 4 is 5.78 Å². The van der Waals surface area contributed by atoms with E-state index in [0.717, 1.165) is 5.57 Å². The standard InChI is InChI=1S/C8H10N2O/c1-3-6(2)8(11)7-4-9-5-10-7/h3-5H,1-2H3,(H,9,10). The minimum absolute atomic E-state index is 0.00463. The summed E-state index contributed by atoms with van der Waals surface area (Å²) in [5.41, 5.74) is 1.27. The Labute approximate surface area is 65.2 Å². The fourth-order valence-electron chi connectivity index (χ4n) is 0.724. The summed E-state index contributed by atoms with van der Waals surface area (Å²) in [7, 11) is 0. The third kappa shape index (κ3) is 1.55. The molecule has 3 heteroatoms. The van der Waals surface area contributed by atoms with Crippen LogP contribution < -0.4 is 0 Å². The van der Waals surface area contributed by atoms with E-state index in [1.54, 1.807) is 13.0 Å². The van der Waals surface area contributed by atoms with E-state index in [0.29, 0.717) is 5.69 Å². The van der Waals surface area contributed by atoms with E-state index in [9.17, 15) is 4.79 Å². The van der Waals surface area contributed by atoms with Gasteiger partial charge in [-0.1, -0.05) is 6.08 Å². The third-order valence-electron chi connectivity index (χ3n) is 1.53. The van der Waals surface area contributed by atoms with Crippen molar-refractivity contribution in [3.05, 3.63) is 29.9 Å². The number of carbonyl (C=O) groups is 1. The van der Waals surface area contributed by atoms with Crippen molar-refractivity contribution < 1.29 is 4.79 Å². The van der Waals surface area contributed by atoms with Gasteiger partial charge in [0.15, 0.2) is 0 Å². The number of nitrogens with zero attached hydrogens (tertiary/aromatic N) is 1. The Hall–Kier alpha value is -1.38. The molecular formula is C8H10N2O. The summed E-state index contributed by atoms with van der Waals surface area (Å²) in [5, 5.41) is 0. The summed E-state index contributed by atoms with van der Waals surface area (Å²) in [6, 6.07) is 0. The molecule has 0 aliphatic rings. The monoisotopic (exact) mass is 150 g/mol. The summed E-state index contributed by atoms with van der Waals surface area (Å²) >= 11 is 0. The fourth-order valence-corrected chi connectivity index (χ4v) is 0.724. The Morgan fingerprint density at radius 1 is 1.73 bits per heavy atom. The van der Waals surface area contributed by atoms with E-state index >= 15 is 0 Å². The molecule has 0 aliphatic carbocycles. The molecule has 1 heterocycles. The first-order chi connectivity index (χ1) is 5.25. The average molecular weight is 150 g/mol. The van der Waals surface area contributed by atoms with E-state index < -0.39 is 0 Å². The largest absolute Gasteiger partial charge is 0.342 e. The van der Waals surface area contributed by atoms with E-state index in [1.807, 2.05) is 6.92 Å². The van der Waals surface area contributed by atoms with Crippen molar-refractivity contribution in [2.45, 2.75) is 13.8 Å². The summed E-state index contributed by atoms with van der Waals surface area (Å²) in [5.74, 6) is 0.00463. The highest BCUT2D eigenvalue weighted by Crippen LogP contribution is 2.02. The number of nitrogens with one attached hydrogen (secondary N) is 1. The molecule has 1 aromatic rings. The molecule has 1 N–H and O–H groups in total. The first-order valence-electron chi connectivity index (χ1n) is 3.41. The van der Waals surface area contributed by atoms with Gasteiger partial charge in [-0.05, 0) is 19.4 Å². The molecule has 0 radical (unpaired) electrons. The highest BCUT2D eigenvalue weighted by atomic mass is 16.1.